The van der Waals surface area contributed by atoms with E-state index in [1.807, 2.05) is 161 Å². The lowest BCUT2D eigenvalue weighted by Gasteiger charge is -2.26. The summed E-state index contributed by atoms with van der Waals surface area (Å²) < 4.78 is 60.1. The minimum atomic E-state index is -0.288. The summed E-state index contributed by atoms with van der Waals surface area (Å²) >= 11 is 0. The molecule has 0 saturated heterocycles. The predicted molar refractivity (Wildman–Crippen MR) is 210 cm³/mol. The quantitative estimate of drug-likeness (QED) is 0.178. The highest BCUT2D eigenvalue weighted by Crippen LogP contribution is 2.38. The third-order valence-electron chi connectivity index (χ3n) is 9.19. The Hall–Kier alpha value is -6.98. The van der Waals surface area contributed by atoms with Crippen LogP contribution in [0, 0.1) is 0 Å². The van der Waals surface area contributed by atoms with Gasteiger partial charge in [-0.3, -0.25) is 0 Å². The fourth-order valence-corrected chi connectivity index (χ4v) is 6.58. The van der Waals surface area contributed by atoms with E-state index >= 15 is 0 Å². The van der Waals surface area contributed by atoms with Gasteiger partial charge in [0.15, 0.2) is 0 Å². The minimum absolute atomic E-state index is 0.00208. The molecule has 10 rings (SSSR count). The van der Waals surface area contributed by atoms with E-state index in [0.717, 1.165) is 44.6 Å². The zero-order valence-electron chi connectivity index (χ0n) is 33.2. The molecule has 4 heterocycles. The van der Waals surface area contributed by atoms with Crippen LogP contribution >= 0.6 is 0 Å². The zero-order valence-corrected chi connectivity index (χ0v) is 27.2. The van der Waals surface area contributed by atoms with Crippen molar-refractivity contribution in [2.24, 2.45) is 0 Å². The fourth-order valence-electron chi connectivity index (χ4n) is 6.58. The van der Waals surface area contributed by atoms with Gasteiger partial charge in [0.1, 0.15) is 11.3 Å². The van der Waals surface area contributed by atoms with E-state index < -0.39 is 0 Å². The molecule has 0 radical (unpaired) electrons. The summed E-state index contributed by atoms with van der Waals surface area (Å²) in [5.74, 6) is 0. The Balaban J connectivity index is 1.15. The first-order valence-electron chi connectivity index (χ1n) is 19.7. The summed E-state index contributed by atoms with van der Waals surface area (Å²) in [5, 5.41) is 1.90. The number of benzene rings is 6. The molecule has 0 aliphatic carbocycles. The molecule has 0 aliphatic heterocycles. The molecule has 10 aromatic rings. The Morgan fingerprint density at radius 3 is 1.61 bits per heavy atom. The molecule has 6 aromatic carbocycles. The van der Waals surface area contributed by atoms with Gasteiger partial charge >= 0.3 is 0 Å². The summed E-state index contributed by atoms with van der Waals surface area (Å²) in [5.41, 5.74) is 6.99. The van der Waals surface area contributed by atoms with E-state index in [0.29, 0.717) is 16.9 Å². The van der Waals surface area contributed by atoms with Crippen molar-refractivity contribution in [2.45, 2.75) is 0 Å². The van der Waals surface area contributed by atoms with Gasteiger partial charge in [-0.25, -0.2) is 9.97 Å². The summed E-state index contributed by atoms with van der Waals surface area (Å²) in [4.78, 5) is 11.3. The standard InChI is InChI=1S/C46H31N5/c1-2-8-35-27-36(12-11-32(35)7-1)37-13-14-39-29-42(24-19-38(39)28-37)51(40-20-15-33(16-21-40)43-30-49-25-5-3-9-45(49)47-43)41-22-17-34(18-23-41)44-31-50-26-6-4-10-46(50)48-44/h1-31H/i13D,14D,19D,24D,28D,29D. The maximum atomic E-state index is 9.64. The van der Waals surface area contributed by atoms with Gasteiger partial charge in [-0.2, -0.15) is 0 Å². The van der Waals surface area contributed by atoms with Gasteiger partial charge < -0.3 is 13.7 Å². The Bertz CT molecular complexity index is 3030. The lowest BCUT2D eigenvalue weighted by atomic mass is 9.98. The molecule has 0 fully saturated rings. The van der Waals surface area contributed by atoms with Crippen LogP contribution in [-0.4, -0.2) is 18.8 Å². The number of imidazole rings is 2. The average molecular weight is 660 g/mol. The molecule has 5 nitrogen and oxygen atoms in total. The molecule has 0 unspecified atom stereocenters. The second kappa shape index (κ2) is 11.9. The normalized spacial score (nSPS) is 13.2. The van der Waals surface area contributed by atoms with Crippen LogP contribution in [0.15, 0.2) is 188 Å². The number of pyridine rings is 2. The van der Waals surface area contributed by atoms with E-state index in [2.05, 4.69) is 0 Å². The van der Waals surface area contributed by atoms with Gasteiger partial charge in [-0.05, 0) is 105 Å². The molecule has 5 heteroatoms. The molecular weight excluding hydrogens is 623 g/mol. The van der Waals surface area contributed by atoms with Crippen LogP contribution in [0.3, 0.4) is 0 Å². The SMILES string of the molecule is [2H]c1c(N(c2ccc(-c3cn4ccccc4n3)cc2)c2ccc(-c3cn4ccccc4n3)cc2)c([2H])c2c([2H])c([2H])c(-c3ccc4ccccc4c3)c([2H])c2c1[2H]. The maximum absolute atomic E-state index is 9.64. The van der Waals surface area contributed by atoms with Crippen molar-refractivity contribution in [3.8, 4) is 33.6 Å². The molecule has 0 bridgehead atoms. The maximum Gasteiger partial charge on any atom is 0.137 e. The number of aromatic nitrogens is 4. The average Bonchev–Trinajstić information content (AvgIpc) is 3.88. The van der Waals surface area contributed by atoms with Crippen LogP contribution in [0.1, 0.15) is 8.22 Å². The van der Waals surface area contributed by atoms with Crippen LogP contribution in [0.5, 0.6) is 0 Å². The minimum Gasteiger partial charge on any atom is -0.310 e. The lowest BCUT2D eigenvalue weighted by molar-refractivity contribution is 1.19. The monoisotopic (exact) mass is 659 g/mol. The van der Waals surface area contributed by atoms with Gasteiger partial charge in [-0.15, -0.1) is 0 Å². The van der Waals surface area contributed by atoms with E-state index in [-0.39, 0.29) is 58.3 Å². The van der Waals surface area contributed by atoms with Crippen molar-refractivity contribution in [3.63, 3.8) is 0 Å². The van der Waals surface area contributed by atoms with Gasteiger partial charge in [0.05, 0.1) is 19.6 Å². The van der Waals surface area contributed by atoms with Crippen LogP contribution in [0.2, 0.25) is 0 Å². The molecule has 0 aliphatic rings. The fraction of sp³-hybridized carbons (Fsp3) is 0. The van der Waals surface area contributed by atoms with Crippen LogP contribution < -0.4 is 4.90 Å². The molecule has 51 heavy (non-hydrogen) atoms. The molecule has 0 spiro atoms. The molecule has 0 amide bonds. The Morgan fingerprint density at radius 1 is 0.431 bits per heavy atom. The topological polar surface area (TPSA) is 37.8 Å². The highest BCUT2D eigenvalue weighted by Gasteiger charge is 2.15. The van der Waals surface area contributed by atoms with Crippen molar-refractivity contribution in [1.82, 2.24) is 18.8 Å². The third-order valence-corrected chi connectivity index (χ3v) is 9.19. The van der Waals surface area contributed by atoms with Crippen molar-refractivity contribution in [2.75, 3.05) is 4.90 Å². The summed E-state index contributed by atoms with van der Waals surface area (Å²) in [6, 6.07) is 38.9. The number of rotatable bonds is 6. The molecule has 240 valence electrons. The molecular formula is C46H31N5. The number of anilines is 3. The number of fused-ring (bicyclic) bond motifs is 4. The largest absolute Gasteiger partial charge is 0.310 e. The number of hydrogen-bond acceptors (Lipinski definition) is 3. The third kappa shape index (κ3) is 5.29. The van der Waals surface area contributed by atoms with Crippen molar-refractivity contribution in [1.29, 1.82) is 0 Å². The zero-order chi connectivity index (χ0) is 38.9. The number of nitrogens with zero attached hydrogens (tertiary/aromatic N) is 5. The van der Waals surface area contributed by atoms with Crippen LogP contribution in [0.25, 0.3) is 66.5 Å². The highest BCUT2D eigenvalue weighted by atomic mass is 15.1. The second-order valence-corrected chi connectivity index (χ2v) is 12.4. The Kier molecular flexibility index (Phi) is 5.44. The highest BCUT2D eigenvalue weighted by molar-refractivity contribution is 5.94. The van der Waals surface area contributed by atoms with E-state index in [4.69, 9.17) is 11.3 Å². The molecule has 0 N–H and O–H groups in total. The van der Waals surface area contributed by atoms with E-state index in [9.17, 15) is 6.85 Å². The second-order valence-electron chi connectivity index (χ2n) is 12.4. The summed E-state index contributed by atoms with van der Waals surface area (Å²) in [6.45, 7) is 0. The smallest absolute Gasteiger partial charge is 0.137 e. The van der Waals surface area contributed by atoms with Crippen molar-refractivity contribution < 1.29 is 8.22 Å². The summed E-state index contributed by atoms with van der Waals surface area (Å²) in [7, 11) is 0. The molecule has 4 aromatic heterocycles. The lowest BCUT2D eigenvalue weighted by Crippen LogP contribution is -2.09. The summed E-state index contributed by atoms with van der Waals surface area (Å²) in [6.07, 6.45) is 7.80. The van der Waals surface area contributed by atoms with Gasteiger partial charge in [-0.1, -0.05) is 90.9 Å². The van der Waals surface area contributed by atoms with Crippen LogP contribution in [-0.2, 0) is 0 Å². The van der Waals surface area contributed by atoms with Gasteiger partial charge in [0.25, 0.3) is 0 Å². The first-order valence-corrected chi connectivity index (χ1v) is 16.7. The number of hydrogen-bond donors (Lipinski definition) is 0. The Morgan fingerprint density at radius 2 is 0.980 bits per heavy atom. The predicted octanol–water partition coefficient (Wildman–Crippen LogP) is 11.8. The van der Waals surface area contributed by atoms with Gasteiger partial charge in [0.2, 0.25) is 0 Å². The molecule has 0 saturated carbocycles. The van der Waals surface area contributed by atoms with E-state index in [1.54, 1.807) is 4.90 Å². The first-order chi connectivity index (χ1) is 27.7. The Labute approximate surface area is 303 Å². The van der Waals surface area contributed by atoms with Crippen LogP contribution in [0.4, 0.5) is 17.1 Å². The van der Waals surface area contributed by atoms with E-state index in [1.165, 1.54) is 0 Å². The van der Waals surface area contributed by atoms with Gasteiger partial charge in [0, 0.05) is 53.0 Å². The molecule has 0 atom stereocenters. The van der Waals surface area contributed by atoms with Crippen molar-refractivity contribution >= 4 is 49.9 Å². The van der Waals surface area contributed by atoms with Crippen molar-refractivity contribution in [3.05, 3.63) is 188 Å². The first kappa shape index (κ1) is 23.4.